The van der Waals surface area contributed by atoms with Crippen molar-refractivity contribution >= 4 is 11.7 Å². The number of likely N-dealkylation sites (N-methyl/N-ethyl adjacent to an activating group) is 1. The van der Waals surface area contributed by atoms with Crippen LogP contribution in [0.1, 0.15) is 5.56 Å². The van der Waals surface area contributed by atoms with E-state index in [9.17, 15) is 14.9 Å². The maximum absolute atomic E-state index is 11.1. The Hall–Kier alpha value is -2.15. The lowest BCUT2D eigenvalue weighted by Crippen LogP contribution is -2.26. The molecule has 7 nitrogen and oxygen atoms in total. The number of carbonyl (C=O) groups excluding carboxylic acids is 1. The molecule has 0 aliphatic heterocycles. The summed E-state index contributed by atoms with van der Waals surface area (Å²) >= 11 is 0. The van der Waals surface area contributed by atoms with E-state index in [0.29, 0.717) is 6.54 Å². The van der Waals surface area contributed by atoms with Gasteiger partial charge in [0.15, 0.2) is 5.75 Å². The Morgan fingerprint density at radius 2 is 2.11 bits per heavy atom. The third-order valence-electron chi connectivity index (χ3n) is 2.52. The van der Waals surface area contributed by atoms with Crippen LogP contribution < -0.4 is 4.74 Å². The number of carbonyl (C=O) groups is 1. The molecular weight excluding hydrogens is 252 g/mol. The first-order valence-electron chi connectivity index (χ1n) is 5.54. The molecule has 0 radical (unpaired) electrons. The highest BCUT2D eigenvalue weighted by molar-refractivity contribution is 5.71. The Bertz CT molecular complexity index is 475. The minimum atomic E-state index is -0.497. The molecule has 0 aliphatic rings. The van der Waals surface area contributed by atoms with Gasteiger partial charge in [0.05, 0.1) is 25.7 Å². The zero-order valence-electron chi connectivity index (χ0n) is 11.1. The summed E-state index contributed by atoms with van der Waals surface area (Å²) in [6, 6.07) is 4.70. The molecule has 7 heteroatoms. The lowest BCUT2D eigenvalue weighted by Gasteiger charge is -2.15. The first-order valence-corrected chi connectivity index (χ1v) is 5.54. The Morgan fingerprint density at radius 1 is 1.42 bits per heavy atom. The van der Waals surface area contributed by atoms with Crippen LogP contribution in [-0.2, 0) is 16.1 Å². The lowest BCUT2D eigenvalue weighted by atomic mass is 10.2. The zero-order chi connectivity index (χ0) is 14.4. The third-order valence-corrected chi connectivity index (χ3v) is 2.52. The number of hydrogen-bond donors (Lipinski definition) is 0. The van der Waals surface area contributed by atoms with Gasteiger partial charge in [0.25, 0.3) is 0 Å². The van der Waals surface area contributed by atoms with Crippen LogP contribution in [0.3, 0.4) is 0 Å². The standard InChI is InChI=1S/C12H16N2O5/c1-13(8-12(15)19-3)7-9-4-5-11(18-2)10(6-9)14(16)17/h4-6H,7-8H2,1-3H3. The van der Waals surface area contributed by atoms with Crippen LogP contribution in [0.15, 0.2) is 18.2 Å². The van der Waals surface area contributed by atoms with Gasteiger partial charge in [-0.1, -0.05) is 6.07 Å². The topological polar surface area (TPSA) is 81.9 Å². The minimum Gasteiger partial charge on any atom is -0.490 e. The van der Waals surface area contributed by atoms with E-state index in [2.05, 4.69) is 4.74 Å². The minimum absolute atomic E-state index is 0.0912. The molecule has 19 heavy (non-hydrogen) atoms. The number of hydrogen-bond acceptors (Lipinski definition) is 6. The van der Waals surface area contributed by atoms with Crippen LogP contribution >= 0.6 is 0 Å². The highest BCUT2D eigenvalue weighted by Crippen LogP contribution is 2.27. The summed E-state index contributed by atoms with van der Waals surface area (Å²) in [4.78, 5) is 23.2. The van der Waals surface area contributed by atoms with Crippen molar-refractivity contribution in [2.45, 2.75) is 6.54 Å². The zero-order valence-corrected chi connectivity index (χ0v) is 11.1. The molecule has 0 spiro atoms. The van der Waals surface area contributed by atoms with Crippen LogP contribution in [0.4, 0.5) is 5.69 Å². The van der Waals surface area contributed by atoms with Gasteiger partial charge in [-0.3, -0.25) is 19.8 Å². The van der Waals surface area contributed by atoms with Crippen molar-refractivity contribution in [1.29, 1.82) is 0 Å². The number of ether oxygens (including phenoxy) is 2. The van der Waals surface area contributed by atoms with Crippen LogP contribution in [0, 0.1) is 10.1 Å². The Labute approximate surface area is 110 Å². The van der Waals surface area contributed by atoms with Gasteiger partial charge in [-0.05, 0) is 18.7 Å². The van der Waals surface area contributed by atoms with Crippen molar-refractivity contribution in [3.63, 3.8) is 0 Å². The molecule has 0 aliphatic carbocycles. The Kier molecular flexibility index (Phi) is 5.25. The number of rotatable bonds is 6. The monoisotopic (exact) mass is 268 g/mol. The summed E-state index contributed by atoms with van der Waals surface area (Å²) in [7, 11) is 4.42. The molecule has 0 N–H and O–H groups in total. The van der Waals surface area contributed by atoms with Gasteiger partial charge >= 0.3 is 11.7 Å². The molecule has 1 rings (SSSR count). The largest absolute Gasteiger partial charge is 0.490 e. The van der Waals surface area contributed by atoms with E-state index in [1.807, 2.05) is 0 Å². The molecule has 1 aromatic rings. The molecule has 0 saturated heterocycles. The molecule has 0 bridgehead atoms. The SMILES string of the molecule is COC(=O)CN(C)Cc1ccc(OC)c([N+](=O)[O-])c1. The molecule has 1 aromatic carbocycles. The van der Waals surface area contributed by atoms with E-state index >= 15 is 0 Å². The summed E-state index contributed by atoms with van der Waals surface area (Å²) in [5, 5.41) is 10.9. The predicted octanol–water partition coefficient (Wildman–Crippen LogP) is 1.21. The van der Waals surface area contributed by atoms with Crippen molar-refractivity contribution in [3.05, 3.63) is 33.9 Å². The average Bonchev–Trinajstić information content (AvgIpc) is 2.38. The maximum atomic E-state index is 11.1. The summed E-state index contributed by atoms with van der Waals surface area (Å²) in [6.07, 6.45) is 0. The smallest absolute Gasteiger partial charge is 0.319 e. The number of methoxy groups -OCH3 is 2. The van der Waals surface area contributed by atoms with Gasteiger partial charge in [0.2, 0.25) is 0 Å². The summed E-state index contributed by atoms with van der Waals surface area (Å²) in [5.41, 5.74) is 0.630. The molecule has 0 saturated carbocycles. The number of nitrogens with zero attached hydrogens (tertiary/aromatic N) is 2. The molecule has 0 atom stereocenters. The highest BCUT2D eigenvalue weighted by atomic mass is 16.6. The quantitative estimate of drug-likeness (QED) is 0.438. The fourth-order valence-corrected chi connectivity index (χ4v) is 1.63. The van der Waals surface area contributed by atoms with Gasteiger partial charge in [-0.25, -0.2) is 0 Å². The van der Waals surface area contributed by atoms with Crippen molar-refractivity contribution in [3.8, 4) is 5.75 Å². The Morgan fingerprint density at radius 3 is 2.63 bits per heavy atom. The van der Waals surface area contributed by atoms with Crippen LogP contribution in [-0.4, -0.2) is 43.6 Å². The summed E-state index contributed by atoms with van der Waals surface area (Å²) in [6.45, 7) is 0.524. The van der Waals surface area contributed by atoms with Crippen LogP contribution in [0.5, 0.6) is 5.75 Å². The van der Waals surface area contributed by atoms with Crippen molar-refractivity contribution in [2.24, 2.45) is 0 Å². The number of nitro groups is 1. The second-order valence-electron chi connectivity index (χ2n) is 4.01. The third kappa shape index (κ3) is 4.22. The number of esters is 1. The van der Waals surface area contributed by atoms with Gasteiger partial charge in [-0.15, -0.1) is 0 Å². The highest BCUT2D eigenvalue weighted by Gasteiger charge is 2.16. The average molecular weight is 268 g/mol. The lowest BCUT2D eigenvalue weighted by molar-refractivity contribution is -0.385. The molecule has 0 unspecified atom stereocenters. The molecule has 0 fully saturated rings. The fraction of sp³-hybridized carbons (Fsp3) is 0.417. The summed E-state index contributed by atoms with van der Waals surface area (Å²) in [5.74, 6) is -0.144. The van der Waals surface area contributed by atoms with Crippen LogP contribution in [0.25, 0.3) is 0 Å². The number of benzene rings is 1. The van der Waals surface area contributed by atoms with E-state index in [-0.39, 0.29) is 24.0 Å². The predicted molar refractivity (Wildman–Crippen MR) is 68.0 cm³/mol. The fourth-order valence-electron chi connectivity index (χ4n) is 1.63. The van der Waals surface area contributed by atoms with E-state index in [1.54, 1.807) is 24.1 Å². The molecule has 0 heterocycles. The van der Waals surface area contributed by atoms with Gasteiger partial charge in [-0.2, -0.15) is 0 Å². The number of nitro benzene ring substituents is 1. The normalized spacial score (nSPS) is 10.3. The first-order chi connectivity index (χ1) is 8.97. The van der Waals surface area contributed by atoms with Gasteiger partial charge < -0.3 is 9.47 Å². The Balaban J connectivity index is 2.82. The first kappa shape index (κ1) is 14.9. The van der Waals surface area contributed by atoms with E-state index in [0.717, 1.165) is 5.56 Å². The van der Waals surface area contributed by atoms with E-state index in [4.69, 9.17) is 4.74 Å². The van der Waals surface area contributed by atoms with Gasteiger partial charge in [0, 0.05) is 12.6 Å². The second kappa shape index (κ2) is 6.69. The maximum Gasteiger partial charge on any atom is 0.319 e. The van der Waals surface area contributed by atoms with Crippen molar-refractivity contribution in [2.75, 3.05) is 27.8 Å². The second-order valence-corrected chi connectivity index (χ2v) is 4.01. The van der Waals surface area contributed by atoms with Gasteiger partial charge in [0.1, 0.15) is 0 Å². The molecule has 104 valence electrons. The molecule has 0 amide bonds. The molecule has 0 aromatic heterocycles. The molecular formula is C12H16N2O5. The van der Waals surface area contributed by atoms with Crippen LogP contribution in [0.2, 0.25) is 0 Å². The van der Waals surface area contributed by atoms with E-state index < -0.39 is 4.92 Å². The summed E-state index contributed by atoms with van der Waals surface area (Å²) < 4.78 is 9.47. The van der Waals surface area contributed by atoms with E-state index in [1.165, 1.54) is 20.3 Å². The van der Waals surface area contributed by atoms with Crippen molar-refractivity contribution in [1.82, 2.24) is 4.90 Å². The van der Waals surface area contributed by atoms with Crippen molar-refractivity contribution < 1.29 is 19.2 Å².